The maximum atomic E-state index is 12.8. The summed E-state index contributed by atoms with van der Waals surface area (Å²) in [4.78, 5) is 38.0. The third kappa shape index (κ3) is 49.4. The van der Waals surface area contributed by atoms with Crippen LogP contribution in [0, 0.1) is 5.92 Å². The zero-order valence-corrected chi connectivity index (χ0v) is 42.3. The summed E-state index contributed by atoms with van der Waals surface area (Å²) in [5.74, 6) is -0.00394. The van der Waals surface area contributed by atoms with Gasteiger partial charge in [0.15, 0.2) is 6.10 Å². The molecule has 0 spiro atoms. The molecule has 6 heteroatoms. The molecule has 0 radical (unpaired) electrons. The van der Waals surface area contributed by atoms with Gasteiger partial charge in [-0.3, -0.25) is 14.4 Å². The Morgan fingerprint density at radius 1 is 0.306 bits per heavy atom. The van der Waals surface area contributed by atoms with Gasteiger partial charge in [-0.05, 0) is 25.2 Å². The van der Waals surface area contributed by atoms with E-state index in [4.69, 9.17) is 14.2 Å². The van der Waals surface area contributed by atoms with E-state index < -0.39 is 6.10 Å². The van der Waals surface area contributed by atoms with Gasteiger partial charge in [-0.15, -0.1) is 0 Å². The van der Waals surface area contributed by atoms with Crippen LogP contribution < -0.4 is 0 Å². The molecule has 0 amide bonds. The number of hydrogen-bond donors (Lipinski definition) is 0. The van der Waals surface area contributed by atoms with E-state index >= 15 is 0 Å². The molecule has 0 N–H and O–H groups in total. The number of esters is 3. The predicted octanol–water partition coefficient (Wildman–Crippen LogP) is 18.2. The minimum atomic E-state index is -0.760. The van der Waals surface area contributed by atoms with Crippen molar-refractivity contribution in [1.29, 1.82) is 0 Å². The summed E-state index contributed by atoms with van der Waals surface area (Å²) < 4.78 is 16.8. The second-order valence-electron chi connectivity index (χ2n) is 19.7. The van der Waals surface area contributed by atoms with Crippen molar-refractivity contribution in [3.8, 4) is 0 Å². The van der Waals surface area contributed by atoms with Crippen LogP contribution in [0.1, 0.15) is 317 Å². The minimum Gasteiger partial charge on any atom is -0.462 e. The first-order chi connectivity index (χ1) is 30.4. The SMILES string of the molecule is CCCCCCCCCCCCCCCCCCCCCC(=O)OC[C@@H](COC(=O)CCCCCCCCCCC)OC(=O)CCCCCCCCCCCCCCCC(C)C. The van der Waals surface area contributed by atoms with Crippen LogP contribution in [0.2, 0.25) is 0 Å². The number of hydrogen-bond acceptors (Lipinski definition) is 6. The molecule has 0 aliphatic carbocycles. The number of ether oxygens (including phenoxy) is 3. The standard InChI is InChI=1S/C56H108O6/c1-5-7-9-11-13-15-16-17-18-19-20-21-22-25-28-32-36-40-44-48-55(58)61-51-53(50-60-54(57)47-43-39-35-30-14-12-10-8-6-2)62-56(59)49-45-41-37-33-29-26-23-24-27-31-34-38-42-46-52(3)4/h52-53H,5-51H2,1-4H3/t53-/m1/s1. The van der Waals surface area contributed by atoms with E-state index in [0.717, 1.165) is 63.7 Å². The van der Waals surface area contributed by atoms with E-state index in [9.17, 15) is 14.4 Å². The molecular weight excluding hydrogens is 769 g/mol. The summed E-state index contributed by atoms with van der Waals surface area (Å²) in [7, 11) is 0. The van der Waals surface area contributed by atoms with Crippen molar-refractivity contribution in [2.75, 3.05) is 13.2 Å². The minimum absolute atomic E-state index is 0.0624. The molecule has 0 aliphatic heterocycles. The normalized spacial score (nSPS) is 12.0. The van der Waals surface area contributed by atoms with Crippen LogP contribution in [0.15, 0.2) is 0 Å². The van der Waals surface area contributed by atoms with Crippen LogP contribution >= 0.6 is 0 Å². The highest BCUT2D eigenvalue weighted by Crippen LogP contribution is 2.18. The van der Waals surface area contributed by atoms with Crippen molar-refractivity contribution in [2.24, 2.45) is 5.92 Å². The van der Waals surface area contributed by atoms with Crippen LogP contribution in [0.4, 0.5) is 0 Å². The molecule has 0 unspecified atom stereocenters. The summed E-state index contributed by atoms with van der Waals surface area (Å²) in [5, 5.41) is 0. The van der Waals surface area contributed by atoms with E-state index in [0.29, 0.717) is 19.3 Å². The van der Waals surface area contributed by atoms with Crippen molar-refractivity contribution < 1.29 is 28.6 Å². The van der Waals surface area contributed by atoms with Crippen molar-refractivity contribution >= 4 is 17.9 Å². The van der Waals surface area contributed by atoms with Crippen LogP contribution in [-0.2, 0) is 28.6 Å². The molecule has 0 aromatic carbocycles. The average Bonchev–Trinajstić information content (AvgIpc) is 3.26. The first kappa shape index (κ1) is 60.4. The molecule has 0 fully saturated rings. The maximum Gasteiger partial charge on any atom is 0.306 e. The lowest BCUT2D eigenvalue weighted by molar-refractivity contribution is -0.167. The maximum absolute atomic E-state index is 12.8. The fourth-order valence-electron chi connectivity index (χ4n) is 8.57. The van der Waals surface area contributed by atoms with Crippen LogP contribution in [0.25, 0.3) is 0 Å². The highest BCUT2D eigenvalue weighted by molar-refractivity contribution is 5.71. The first-order valence-corrected chi connectivity index (χ1v) is 27.9. The Balaban J connectivity index is 4.21. The lowest BCUT2D eigenvalue weighted by Gasteiger charge is -2.18. The zero-order chi connectivity index (χ0) is 45.2. The highest BCUT2D eigenvalue weighted by atomic mass is 16.6. The van der Waals surface area contributed by atoms with E-state index in [1.54, 1.807) is 0 Å². The van der Waals surface area contributed by atoms with Crippen molar-refractivity contribution in [3.63, 3.8) is 0 Å². The summed E-state index contributed by atoms with van der Waals surface area (Å²) in [6.07, 6.45) is 53.8. The third-order valence-electron chi connectivity index (χ3n) is 12.8. The van der Waals surface area contributed by atoms with Crippen LogP contribution in [0.5, 0.6) is 0 Å². The second-order valence-corrected chi connectivity index (χ2v) is 19.7. The monoisotopic (exact) mass is 877 g/mol. The first-order valence-electron chi connectivity index (χ1n) is 27.9. The van der Waals surface area contributed by atoms with Gasteiger partial charge in [0.05, 0.1) is 0 Å². The van der Waals surface area contributed by atoms with Gasteiger partial charge in [-0.2, -0.15) is 0 Å². The van der Waals surface area contributed by atoms with Gasteiger partial charge in [-0.25, -0.2) is 0 Å². The largest absolute Gasteiger partial charge is 0.462 e. The summed E-state index contributed by atoms with van der Waals surface area (Å²) in [6, 6.07) is 0. The smallest absolute Gasteiger partial charge is 0.306 e. The number of unbranched alkanes of at least 4 members (excludes halogenated alkanes) is 38. The van der Waals surface area contributed by atoms with Gasteiger partial charge in [0, 0.05) is 19.3 Å². The van der Waals surface area contributed by atoms with Crippen molar-refractivity contribution in [3.05, 3.63) is 0 Å². The molecule has 0 rings (SSSR count). The third-order valence-corrected chi connectivity index (χ3v) is 12.8. The number of carbonyl (C=O) groups excluding carboxylic acids is 3. The van der Waals surface area contributed by atoms with Crippen molar-refractivity contribution in [2.45, 2.75) is 323 Å². The van der Waals surface area contributed by atoms with E-state index in [2.05, 4.69) is 27.7 Å². The second kappa shape index (κ2) is 50.4. The Morgan fingerprint density at radius 2 is 0.532 bits per heavy atom. The Kier molecular flexibility index (Phi) is 49.1. The van der Waals surface area contributed by atoms with Gasteiger partial charge < -0.3 is 14.2 Å². The average molecular weight is 877 g/mol. The van der Waals surface area contributed by atoms with Gasteiger partial charge in [0.1, 0.15) is 13.2 Å². The van der Waals surface area contributed by atoms with E-state index in [1.165, 1.54) is 212 Å². The molecule has 0 saturated carbocycles. The van der Waals surface area contributed by atoms with Gasteiger partial charge in [0.2, 0.25) is 0 Å². The Labute approximate surface area is 387 Å². The summed E-state index contributed by atoms with van der Waals surface area (Å²) >= 11 is 0. The van der Waals surface area contributed by atoms with Gasteiger partial charge >= 0.3 is 17.9 Å². The molecule has 0 aromatic heterocycles. The Bertz CT molecular complexity index is 933. The molecular formula is C56H108O6. The molecule has 6 nitrogen and oxygen atoms in total. The Morgan fingerprint density at radius 3 is 0.790 bits per heavy atom. The number of rotatable bonds is 51. The van der Waals surface area contributed by atoms with Crippen LogP contribution in [0.3, 0.4) is 0 Å². The molecule has 0 aliphatic rings. The van der Waals surface area contributed by atoms with E-state index in [1.807, 2.05) is 0 Å². The zero-order valence-electron chi connectivity index (χ0n) is 42.3. The molecule has 0 bridgehead atoms. The van der Waals surface area contributed by atoms with Crippen molar-refractivity contribution in [1.82, 2.24) is 0 Å². The van der Waals surface area contributed by atoms with Gasteiger partial charge in [-0.1, -0.05) is 278 Å². The molecule has 62 heavy (non-hydrogen) atoms. The summed E-state index contributed by atoms with van der Waals surface area (Å²) in [5.41, 5.74) is 0. The predicted molar refractivity (Wildman–Crippen MR) is 266 cm³/mol. The molecule has 0 saturated heterocycles. The molecule has 0 heterocycles. The van der Waals surface area contributed by atoms with E-state index in [-0.39, 0.29) is 31.1 Å². The quantitative estimate of drug-likeness (QED) is 0.0344. The molecule has 1 atom stereocenters. The Hall–Kier alpha value is -1.59. The highest BCUT2D eigenvalue weighted by Gasteiger charge is 2.19. The van der Waals surface area contributed by atoms with Crippen LogP contribution in [-0.4, -0.2) is 37.2 Å². The van der Waals surface area contributed by atoms with Gasteiger partial charge in [0.25, 0.3) is 0 Å². The molecule has 368 valence electrons. The summed E-state index contributed by atoms with van der Waals surface area (Å²) in [6.45, 7) is 9.03. The number of carbonyl (C=O) groups is 3. The lowest BCUT2D eigenvalue weighted by atomic mass is 10.0. The molecule has 0 aromatic rings. The topological polar surface area (TPSA) is 78.9 Å². The fraction of sp³-hybridized carbons (Fsp3) is 0.946. The fourth-order valence-corrected chi connectivity index (χ4v) is 8.57. The lowest BCUT2D eigenvalue weighted by Crippen LogP contribution is -2.30.